The second-order valence-corrected chi connectivity index (χ2v) is 5.16. The fourth-order valence-corrected chi connectivity index (χ4v) is 1.84. The van der Waals surface area contributed by atoms with E-state index in [-0.39, 0.29) is 11.1 Å². The molecule has 0 atom stereocenters. The van der Waals surface area contributed by atoms with Gasteiger partial charge in [-0.3, -0.25) is 0 Å². The number of hydrogen-bond acceptors (Lipinski definition) is 1. The lowest BCUT2D eigenvalue weighted by Gasteiger charge is -2.18. The Bertz CT molecular complexity index is 528. The van der Waals surface area contributed by atoms with Crippen molar-refractivity contribution >= 4 is 11.0 Å². The molecule has 3 nitrogen and oxygen atoms in total. The maximum Gasteiger partial charge on any atom is 0.323 e. The van der Waals surface area contributed by atoms with Crippen molar-refractivity contribution in [2.24, 2.45) is 5.41 Å². The van der Waals surface area contributed by atoms with Crippen molar-refractivity contribution < 1.29 is 0 Å². The predicted molar refractivity (Wildman–Crippen MR) is 62.1 cm³/mol. The second-order valence-electron chi connectivity index (χ2n) is 5.16. The van der Waals surface area contributed by atoms with Crippen LogP contribution in [0.1, 0.15) is 26.3 Å². The molecule has 15 heavy (non-hydrogen) atoms. The molecule has 0 aliphatic heterocycles. The molecule has 0 fully saturated rings. The Labute approximate surface area is 88.5 Å². The van der Waals surface area contributed by atoms with Gasteiger partial charge in [0, 0.05) is 0 Å². The van der Waals surface area contributed by atoms with Crippen molar-refractivity contribution in [2.75, 3.05) is 0 Å². The van der Waals surface area contributed by atoms with Gasteiger partial charge in [0.1, 0.15) is 0 Å². The van der Waals surface area contributed by atoms with Crippen LogP contribution in [0.15, 0.2) is 23.0 Å². The summed E-state index contributed by atoms with van der Waals surface area (Å²) < 4.78 is 0. The molecule has 1 heterocycles. The van der Waals surface area contributed by atoms with Gasteiger partial charge in [-0.25, -0.2) is 4.79 Å². The number of fused-ring (bicyclic) bond motifs is 1. The maximum absolute atomic E-state index is 11.2. The predicted octanol–water partition coefficient (Wildman–Crippen LogP) is 2.44. The van der Waals surface area contributed by atoms with Crippen LogP contribution in [0.2, 0.25) is 0 Å². The fourth-order valence-electron chi connectivity index (χ4n) is 1.84. The molecular formula is C12H16N2O. The van der Waals surface area contributed by atoms with Crippen LogP contribution in [0.3, 0.4) is 0 Å². The molecule has 0 aliphatic rings. The highest BCUT2D eigenvalue weighted by molar-refractivity contribution is 5.78. The zero-order chi connectivity index (χ0) is 11.1. The number of H-pyrrole nitrogens is 2. The van der Waals surface area contributed by atoms with Crippen LogP contribution >= 0.6 is 0 Å². The van der Waals surface area contributed by atoms with E-state index in [0.29, 0.717) is 0 Å². The average Bonchev–Trinajstić information content (AvgIpc) is 2.43. The van der Waals surface area contributed by atoms with Crippen molar-refractivity contribution in [3.63, 3.8) is 0 Å². The van der Waals surface area contributed by atoms with E-state index in [2.05, 4.69) is 36.8 Å². The number of hydrogen-bond donors (Lipinski definition) is 2. The summed E-state index contributed by atoms with van der Waals surface area (Å²) in [5, 5.41) is 0. The van der Waals surface area contributed by atoms with Gasteiger partial charge in [-0.05, 0) is 23.5 Å². The molecule has 0 saturated carbocycles. The van der Waals surface area contributed by atoms with E-state index < -0.39 is 0 Å². The molecule has 0 amide bonds. The Kier molecular flexibility index (Phi) is 2.18. The van der Waals surface area contributed by atoms with Gasteiger partial charge in [-0.15, -0.1) is 0 Å². The van der Waals surface area contributed by atoms with Gasteiger partial charge in [-0.2, -0.15) is 0 Å². The van der Waals surface area contributed by atoms with Gasteiger partial charge in [0.2, 0.25) is 0 Å². The van der Waals surface area contributed by atoms with Crippen molar-refractivity contribution in [1.29, 1.82) is 0 Å². The third kappa shape index (κ3) is 2.12. The summed E-state index contributed by atoms with van der Waals surface area (Å²) in [6.45, 7) is 6.57. The van der Waals surface area contributed by atoms with Gasteiger partial charge >= 0.3 is 5.69 Å². The first-order chi connectivity index (χ1) is 6.96. The zero-order valence-electron chi connectivity index (χ0n) is 9.35. The van der Waals surface area contributed by atoms with E-state index in [1.54, 1.807) is 0 Å². The number of aromatic nitrogens is 2. The zero-order valence-corrected chi connectivity index (χ0v) is 9.35. The fraction of sp³-hybridized carbons (Fsp3) is 0.417. The molecule has 0 radical (unpaired) electrons. The lowest BCUT2D eigenvalue weighted by molar-refractivity contribution is 0.412. The molecule has 80 valence electrons. The normalized spacial score (nSPS) is 12.2. The average molecular weight is 204 g/mol. The Morgan fingerprint density at radius 1 is 1.20 bits per heavy atom. The minimum atomic E-state index is -0.133. The summed E-state index contributed by atoms with van der Waals surface area (Å²) in [4.78, 5) is 16.8. The lowest BCUT2D eigenvalue weighted by atomic mass is 9.88. The van der Waals surface area contributed by atoms with Crippen molar-refractivity contribution in [3.8, 4) is 0 Å². The van der Waals surface area contributed by atoms with Crippen LogP contribution in [-0.4, -0.2) is 9.97 Å². The molecule has 1 aromatic carbocycles. The van der Waals surface area contributed by atoms with Gasteiger partial charge in [0.05, 0.1) is 11.0 Å². The third-order valence-corrected chi connectivity index (χ3v) is 2.36. The topological polar surface area (TPSA) is 48.6 Å². The Morgan fingerprint density at radius 2 is 1.93 bits per heavy atom. The maximum atomic E-state index is 11.2. The molecule has 0 bridgehead atoms. The van der Waals surface area contributed by atoms with Crippen molar-refractivity contribution in [2.45, 2.75) is 27.2 Å². The highest BCUT2D eigenvalue weighted by Crippen LogP contribution is 2.24. The standard InChI is InChI=1S/C12H16N2O/c1-12(2,3)7-8-5-4-6-9-10(8)14-11(15)13-9/h4-6H,7H2,1-3H3,(H2,13,14,15). The van der Waals surface area contributed by atoms with E-state index >= 15 is 0 Å². The number of aromatic amines is 2. The first-order valence-electron chi connectivity index (χ1n) is 5.16. The SMILES string of the molecule is CC(C)(C)Cc1cccc2[nH]c(=O)[nH]c12. The smallest absolute Gasteiger partial charge is 0.306 e. The molecule has 0 saturated heterocycles. The van der Waals surface area contributed by atoms with Gasteiger partial charge in [0.25, 0.3) is 0 Å². The van der Waals surface area contributed by atoms with E-state index in [4.69, 9.17) is 0 Å². The van der Waals surface area contributed by atoms with Gasteiger partial charge in [-0.1, -0.05) is 32.9 Å². The molecule has 2 aromatic rings. The summed E-state index contributed by atoms with van der Waals surface area (Å²) in [6.07, 6.45) is 0.956. The molecular weight excluding hydrogens is 188 g/mol. The Hall–Kier alpha value is -1.51. The van der Waals surface area contributed by atoms with Crippen molar-refractivity contribution in [1.82, 2.24) is 9.97 Å². The summed E-state index contributed by atoms with van der Waals surface area (Å²) in [7, 11) is 0. The molecule has 1 aromatic heterocycles. The number of nitrogens with one attached hydrogen (secondary N) is 2. The number of rotatable bonds is 1. The summed E-state index contributed by atoms with van der Waals surface area (Å²) in [6, 6.07) is 5.96. The first-order valence-corrected chi connectivity index (χ1v) is 5.16. The Balaban J connectivity index is 2.56. The molecule has 3 heteroatoms. The number of para-hydroxylation sites is 1. The van der Waals surface area contributed by atoms with Crippen molar-refractivity contribution in [3.05, 3.63) is 34.2 Å². The summed E-state index contributed by atoms with van der Waals surface area (Å²) in [5.41, 5.74) is 3.12. The first kappa shape index (κ1) is 10.0. The van der Waals surface area contributed by atoms with E-state index in [0.717, 1.165) is 17.5 Å². The molecule has 0 spiro atoms. The monoisotopic (exact) mass is 204 g/mol. The van der Waals surface area contributed by atoms with E-state index in [1.165, 1.54) is 5.56 Å². The quantitative estimate of drug-likeness (QED) is 0.736. The minimum absolute atomic E-state index is 0.133. The van der Waals surface area contributed by atoms with Crippen LogP contribution in [0.4, 0.5) is 0 Å². The van der Waals surface area contributed by atoms with Crippen LogP contribution in [-0.2, 0) is 6.42 Å². The minimum Gasteiger partial charge on any atom is -0.306 e. The van der Waals surface area contributed by atoms with Gasteiger partial charge in [0.15, 0.2) is 0 Å². The summed E-state index contributed by atoms with van der Waals surface area (Å²) in [5.74, 6) is 0. The van der Waals surface area contributed by atoms with E-state index in [9.17, 15) is 4.79 Å². The number of imidazole rings is 1. The second kappa shape index (κ2) is 3.26. The van der Waals surface area contributed by atoms with Crippen LogP contribution < -0.4 is 5.69 Å². The largest absolute Gasteiger partial charge is 0.323 e. The summed E-state index contributed by atoms with van der Waals surface area (Å²) >= 11 is 0. The highest BCUT2D eigenvalue weighted by atomic mass is 16.1. The lowest BCUT2D eigenvalue weighted by Crippen LogP contribution is -2.09. The third-order valence-electron chi connectivity index (χ3n) is 2.36. The van der Waals surface area contributed by atoms with E-state index in [1.807, 2.05) is 12.1 Å². The molecule has 0 unspecified atom stereocenters. The van der Waals surface area contributed by atoms with Crippen LogP contribution in [0, 0.1) is 5.41 Å². The Morgan fingerprint density at radius 3 is 2.60 bits per heavy atom. The molecule has 2 N–H and O–H groups in total. The van der Waals surface area contributed by atoms with Gasteiger partial charge < -0.3 is 9.97 Å². The van der Waals surface area contributed by atoms with Crippen LogP contribution in [0.5, 0.6) is 0 Å². The highest BCUT2D eigenvalue weighted by Gasteiger charge is 2.14. The molecule has 0 aliphatic carbocycles. The molecule has 2 rings (SSSR count). The van der Waals surface area contributed by atoms with Crippen LogP contribution in [0.25, 0.3) is 11.0 Å². The number of benzene rings is 1.